The Hall–Kier alpha value is -1.61. The van der Waals surface area contributed by atoms with Gasteiger partial charge in [-0.3, -0.25) is 0 Å². The van der Waals surface area contributed by atoms with E-state index in [1.54, 1.807) is 0 Å². The van der Waals surface area contributed by atoms with E-state index in [4.69, 9.17) is 5.73 Å². The molecule has 3 nitrogen and oxygen atoms in total. The lowest BCUT2D eigenvalue weighted by molar-refractivity contribution is 0.638. The zero-order valence-electron chi connectivity index (χ0n) is 10.4. The normalized spacial score (nSPS) is 12.6. The van der Waals surface area contributed by atoms with Crippen molar-refractivity contribution in [2.24, 2.45) is 5.73 Å². The average Bonchev–Trinajstić information content (AvgIpc) is 2.74. The molecule has 0 fully saturated rings. The maximum absolute atomic E-state index is 5.75. The van der Waals surface area contributed by atoms with E-state index >= 15 is 0 Å². The molecule has 3 N–H and O–H groups in total. The van der Waals surface area contributed by atoms with Crippen molar-refractivity contribution in [1.82, 2.24) is 9.97 Å². The molecule has 1 aromatic heterocycles. The number of hydrogen-bond acceptors (Lipinski definition) is 2. The van der Waals surface area contributed by atoms with Crippen molar-refractivity contribution in [3.63, 3.8) is 0 Å². The van der Waals surface area contributed by atoms with Gasteiger partial charge in [0.2, 0.25) is 0 Å². The Bertz CT molecular complexity index is 469. The van der Waals surface area contributed by atoms with Gasteiger partial charge in [-0.25, -0.2) is 4.98 Å². The Morgan fingerprint density at radius 1 is 1.29 bits per heavy atom. The Labute approximate surface area is 102 Å². The van der Waals surface area contributed by atoms with Gasteiger partial charge in [-0.15, -0.1) is 0 Å². The zero-order chi connectivity index (χ0) is 12.3. The van der Waals surface area contributed by atoms with Gasteiger partial charge in [0.05, 0.1) is 5.69 Å². The number of aromatic nitrogens is 2. The lowest BCUT2D eigenvalue weighted by atomic mass is 10.1. The van der Waals surface area contributed by atoms with Crippen LogP contribution in [0.3, 0.4) is 0 Å². The number of aryl methyl sites for hydroxylation is 1. The maximum atomic E-state index is 5.75. The average molecular weight is 229 g/mol. The summed E-state index contributed by atoms with van der Waals surface area (Å²) in [6, 6.07) is 10.2. The summed E-state index contributed by atoms with van der Waals surface area (Å²) in [5.41, 5.74) is 9.05. The summed E-state index contributed by atoms with van der Waals surface area (Å²) in [5.74, 6) is 1.33. The molecule has 0 amide bonds. The van der Waals surface area contributed by atoms with Crippen LogP contribution in [0.15, 0.2) is 30.3 Å². The number of aromatic amines is 1. The molecular formula is C14H19N3. The summed E-state index contributed by atoms with van der Waals surface area (Å²) in [6.45, 7) is 4.83. The van der Waals surface area contributed by atoms with Crippen molar-refractivity contribution >= 4 is 0 Å². The fourth-order valence-electron chi connectivity index (χ4n) is 2.03. The molecule has 3 heteroatoms. The van der Waals surface area contributed by atoms with Crippen molar-refractivity contribution in [3.05, 3.63) is 41.9 Å². The van der Waals surface area contributed by atoms with Gasteiger partial charge in [-0.2, -0.15) is 0 Å². The van der Waals surface area contributed by atoms with Gasteiger partial charge in [0, 0.05) is 23.7 Å². The summed E-state index contributed by atoms with van der Waals surface area (Å²) in [6.07, 6.45) is 1.01. The van der Waals surface area contributed by atoms with E-state index in [1.807, 2.05) is 18.2 Å². The van der Waals surface area contributed by atoms with Gasteiger partial charge in [-0.1, -0.05) is 37.3 Å². The van der Waals surface area contributed by atoms with Crippen molar-refractivity contribution < 1.29 is 0 Å². The summed E-state index contributed by atoms with van der Waals surface area (Å²) in [5, 5.41) is 0. The molecule has 2 rings (SSSR count). The SMILES string of the molecule is CCC(CN)c1nc(-c2ccccc2)c(C)[nH]1. The summed E-state index contributed by atoms with van der Waals surface area (Å²) >= 11 is 0. The summed E-state index contributed by atoms with van der Waals surface area (Å²) in [7, 11) is 0. The second kappa shape index (κ2) is 5.15. The highest BCUT2D eigenvalue weighted by atomic mass is 14.9. The molecule has 1 atom stereocenters. The first-order chi connectivity index (χ1) is 8.26. The number of imidazole rings is 1. The molecule has 0 aliphatic carbocycles. The third kappa shape index (κ3) is 2.39. The number of hydrogen-bond donors (Lipinski definition) is 2. The minimum atomic E-state index is 0.325. The molecule has 0 radical (unpaired) electrons. The number of rotatable bonds is 4. The number of nitrogens with one attached hydrogen (secondary N) is 1. The fraction of sp³-hybridized carbons (Fsp3) is 0.357. The van der Waals surface area contributed by atoms with Gasteiger partial charge in [0.15, 0.2) is 0 Å². The van der Waals surface area contributed by atoms with Crippen LogP contribution in [0.1, 0.15) is 30.8 Å². The molecule has 0 saturated heterocycles. The first-order valence-corrected chi connectivity index (χ1v) is 6.08. The number of benzene rings is 1. The van der Waals surface area contributed by atoms with Crippen LogP contribution in [-0.2, 0) is 0 Å². The highest BCUT2D eigenvalue weighted by molar-refractivity contribution is 5.61. The Morgan fingerprint density at radius 3 is 2.59 bits per heavy atom. The third-order valence-corrected chi connectivity index (χ3v) is 3.11. The topological polar surface area (TPSA) is 54.7 Å². The number of nitrogens with zero attached hydrogens (tertiary/aromatic N) is 1. The van der Waals surface area contributed by atoms with E-state index < -0.39 is 0 Å². The van der Waals surface area contributed by atoms with Crippen LogP contribution in [0.5, 0.6) is 0 Å². The van der Waals surface area contributed by atoms with Gasteiger partial charge in [0.1, 0.15) is 5.82 Å². The van der Waals surface area contributed by atoms with Crippen molar-refractivity contribution in [1.29, 1.82) is 0 Å². The van der Waals surface area contributed by atoms with Crippen LogP contribution >= 0.6 is 0 Å². The minimum Gasteiger partial charge on any atom is -0.345 e. The molecule has 0 bridgehead atoms. The second-order valence-electron chi connectivity index (χ2n) is 4.30. The molecule has 1 heterocycles. The van der Waals surface area contributed by atoms with Crippen molar-refractivity contribution in [2.75, 3.05) is 6.54 Å². The molecule has 17 heavy (non-hydrogen) atoms. The molecule has 1 aromatic carbocycles. The molecule has 0 aliphatic rings. The highest BCUT2D eigenvalue weighted by Crippen LogP contribution is 2.24. The van der Waals surface area contributed by atoms with Gasteiger partial charge in [-0.05, 0) is 13.3 Å². The highest BCUT2D eigenvalue weighted by Gasteiger charge is 2.14. The first-order valence-electron chi connectivity index (χ1n) is 6.08. The van der Waals surface area contributed by atoms with E-state index in [1.165, 1.54) is 0 Å². The third-order valence-electron chi connectivity index (χ3n) is 3.11. The molecular weight excluding hydrogens is 210 g/mol. The van der Waals surface area contributed by atoms with Gasteiger partial charge in [0.25, 0.3) is 0 Å². The minimum absolute atomic E-state index is 0.325. The zero-order valence-corrected chi connectivity index (χ0v) is 10.4. The van der Waals surface area contributed by atoms with Crippen LogP contribution in [-0.4, -0.2) is 16.5 Å². The van der Waals surface area contributed by atoms with E-state index in [0.29, 0.717) is 12.5 Å². The van der Waals surface area contributed by atoms with E-state index in [9.17, 15) is 0 Å². The molecule has 0 saturated carbocycles. The molecule has 1 unspecified atom stereocenters. The Morgan fingerprint density at radius 2 is 2.00 bits per heavy atom. The molecule has 2 aromatic rings. The van der Waals surface area contributed by atoms with E-state index in [0.717, 1.165) is 29.2 Å². The quantitative estimate of drug-likeness (QED) is 0.847. The number of nitrogens with two attached hydrogens (primary N) is 1. The first kappa shape index (κ1) is 11.9. The second-order valence-corrected chi connectivity index (χ2v) is 4.30. The molecule has 0 aliphatic heterocycles. The summed E-state index contributed by atoms with van der Waals surface area (Å²) < 4.78 is 0. The summed E-state index contributed by atoms with van der Waals surface area (Å²) in [4.78, 5) is 8.04. The predicted molar refractivity (Wildman–Crippen MR) is 70.8 cm³/mol. The molecule has 0 spiro atoms. The number of H-pyrrole nitrogens is 1. The maximum Gasteiger partial charge on any atom is 0.111 e. The van der Waals surface area contributed by atoms with Gasteiger partial charge < -0.3 is 10.7 Å². The van der Waals surface area contributed by atoms with Crippen LogP contribution in [0, 0.1) is 6.92 Å². The van der Waals surface area contributed by atoms with Crippen LogP contribution in [0.2, 0.25) is 0 Å². The van der Waals surface area contributed by atoms with Gasteiger partial charge >= 0.3 is 0 Å². The fourth-order valence-corrected chi connectivity index (χ4v) is 2.03. The van der Waals surface area contributed by atoms with E-state index in [-0.39, 0.29) is 0 Å². The van der Waals surface area contributed by atoms with Crippen molar-refractivity contribution in [2.45, 2.75) is 26.2 Å². The van der Waals surface area contributed by atoms with E-state index in [2.05, 4.69) is 35.9 Å². The predicted octanol–water partition coefficient (Wildman–Crippen LogP) is 2.84. The Balaban J connectivity index is 2.37. The Kier molecular flexibility index (Phi) is 3.59. The monoisotopic (exact) mass is 229 g/mol. The standard InChI is InChI=1S/C14H19N3/c1-3-11(9-15)14-16-10(2)13(17-14)12-7-5-4-6-8-12/h4-8,11H,3,9,15H2,1-2H3,(H,16,17). The smallest absolute Gasteiger partial charge is 0.111 e. The lowest BCUT2D eigenvalue weighted by Gasteiger charge is -2.07. The van der Waals surface area contributed by atoms with Crippen LogP contribution < -0.4 is 5.73 Å². The van der Waals surface area contributed by atoms with Crippen LogP contribution in [0.4, 0.5) is 0 Å². The van der Waals surface area contributed by atoms with Crippen molar-refractivity contribution in [3.8, 4) is 11.3 Å². The van der Waals surface area contributed by atoms with Crippen LogP contribution in [0.25, 0.3) is 11.3 Å². The molecule has 90 valence electrons. The largest absolute Gasteiger partial charge is 0.345 e. The lowest BCUT2D eigenvalue weighted by Crippen LogP contribution is -2.12.